The molecule has 0 bridgehead atoms. The number of rotatable bonds is 6. The largest absolute Gasteiger partial charge is 0.388 e. The SMILES string of the molecule is CN(CC[C@H](O)c1ccccc1)C(=O)c1ccccc1-n1cncn1. The first-order valence-electron chi connectivity index (χ1n) is 8.09. The lowest BCUT2D eigenvalue weighted by Gasteiger charge is -2.20. The van der Waals surface area contributed by atoms with E-state index >= 15 is 0 Å². The molecule has 0 saturated carbocycles. The average molecular weight is 336 g/mol. The number of para-hydroxylation sites is 1. The molecule has 1 atom stereocenters. The van der Waals surface area contributed by atoms with E-state index in [2.05, 4.69) is 10.1 Å². The molecule has 1 N–H and O–H groups in total. The predicted octanol–water partition coefficient (Wildman–Crippen LogP) is 2.46. The number of carbonyl (C=O) groups is 1. The van der Waals surface area contributed by atoms with Crippen molar-refractivity contribution in [2.24, 2.45) is 0 Å². The summed E-state index contributed by atoms with van der Waals surface area (Å²) in [5.41, 5.74) is 2.08. The van der Waals surface area contributed by atoms with Gasteiger partial charge in [0.05, 0.1) is 17.4 Å². The van der Waals surface area contributed by atoms with Crippen LogP contribution >= 0.6 is 0 Å². The zero-order valence-electron chi connectivity index (χ0n) is 14.0. The zero-order valence-corrected chi connectivity index (χ0v) is 14.0. The Kier molecular flexibility index (Phi) is 5.20. The Balaban J connectivity index is 1.69. The van der Waals surface area contributed by atoms with Crippen LogP contribution in [0.4, 0.5) is 0 Å². The molecule has 6 heteroatoms. The van der Waals surface area contributed by atoms with Gasteiger partial charge in [-0.25, -0.2) is 9.67 Å². The van der Waals surface area contributed by atoms with Gasteiger partial charge in [0.2, 0.25) is 0 Å². The highest BCUT2D eigenvalue weighted by Crippen LogP contribution is 2.18. The summed E-state index contributed by atoms with van der Waals surface area (Å²) in [6.07, 6.45) is 2.87. The van der Waals surface area contributed by atoms with Crippen LogP contribution in [-0.2, 0) is 0 Å². The van der Waals surface area contributed by atoms with E-state index in [9.17, 15) is 9.90 Å². The molecule has 1 heterocycles. The quantitative estimate of drug-likeness (QED) is 0.751. The van der Waals surface area contributed by atoms with Gasteiger partial charge in [0.25, 0.3) is 5.91 Å². The fraction of sp³-hybridized carbons (Fsp3) is 0.211. The average Bonchev–Trinajstić information content (AvgIpc) is 3.20. The van der Waals surface area contributed by atoms with Gasteiger partial charge in [-0.15, -0.1) is 0 Å². The topological polar surface area (TPSA) is 71.2 Å². The van der Waals surface area contributed by atoms with E-state index in [4.69, 9.17) is 0 Å². The third kappa shape index (κ3) is 3.92. The van der Waals surface area contributed by atoms with Crippen molar-refractivity contribution in [3.05, 3.63) is 78.4 Å². The fourth-order valence-corrected chi connectivity index (χ4v) is 2.65. The van der Waals surface area contributed by atoms with E-state index < -0.39 is 6.10 Å². The number of hydrogen-bond donors (Lipinski definition) is 1. The van der Waals surface area contributed by atoms with Gasteiger partial charge in [-0.2, -0.15) is 5.10 Å². The van der Waals surface area contributed by atoms with Crippen LogP contribution in [0.5, 0.6) is 0 Å². The Labute approximate surface area is 146 Å². The molecule has 1 amide bonds. The molecule has 0 spiro atoms. The van der Waals surface area contributed by atoms with E-state index in [1.54, 1.807) is 29.0 Å². The first-order valence-corrected chi connectivity index (χ1v) is 8.09. The maximum absolute atomic E-state index is 12.8. The number of aliphatic hydroxyl groups excluding tert-OH is 1. The molecule has 3 aromatic rings. The summed E-state index contributed by atoms with van der Waals surface area (Å²) < 4.78 is 1.57. The number of nitrogens with zero attached hydrogens (tertiary/aromatic N) is 4. The summed E-state index contributed by atoms with van der Waals surface area (Å²) in [4.78, 5) is 18.3. The van der Waals surface area contributed by atoms with Gasteiger partial charge in [0.1, 0.15) is 12.7 Å². The number of aromatic nitrogens is 3. The second kappa shape index (κ2) is 7.72. The molecular formula is C19H20N4O2. The molecular weight excluding hydrogens is 316 g/mol. The highest BCUT2D eigenvalue weighted by molar-refractivity contribution is 5.97. The van der Waals surface area contributed by atoms with Crippen molar-refractivity contribution in [2.45, 2.75) is 12.5 Å². The van der Waals surface area contributed by atoms with E-state index in [-0.39, 0.29) is 5.91 Å². The molecule has 1 aromatic heterocycles. The molecule has 0 fully saturated rings. The van der Waals surface area contributed by atoms with Gasteiger partial charge in [-0.05, 0) is 24.1 Å². The van der Waals surface area contributed by atoms with Crippen LogP contribution in [-0.4, -0.2) is 44.3 Å². The molecule has 6 nitrogen and oxygen atoms in total. The number of carbonyl (C=O) groups excluding carboxylic acids is 1. The minimum Gasteiger partial charge on any atom is -0.388 e. The number of benzene rings is 2. The second-order valence-corrected chi connectivity index (χ2v) is 5.80. The predicted molar refractivity (Wildman–Crippen MR) is 94.3 cm³/mol. The lowest BCUT2D eigenvalue weighted by atomic mass is 10.1. The van der Waals surface area contributed by atoms with Crippen molar-refractivity contribution < 1.29 is 9.90 Å². The van der Waals surface area contributed by atoms with Gasteiger partial charge >= 0.3 is 0 Å². The van der Waals surface area contributed by atoms with Crippen LogP contribution in [0.2, 0.25) is 0 Å². The van der Waals surface area contributed by atoms with Crippen molar-refractivity contribution in [3.63, 3.8) is 0 Å². The highest BCUT2D eigenvalue weighted by atomic mass is 16.3. The maximum Gasteiger partial charge on any atom is 0.255 e. The van der Waals surface area contributed by atoms with Gasteiger partial charge in [0.15, 0.2) is 0 Å². The Hall–Kier alpha value is -2.99. The number of aliphatic hydroxyl groups is 1. The molecule has 128 valence electrons. The summed E-state index contributed by atoms with van der Waals surface area (Å²) in [5.74, 6) is -0.119. The zero-order chi connectivity index (χ0) is 17.6. The Morgan fingerprint density at radius 3 is 2.60 bits per heavy atom. The van der Waals surface area contributed by atoms with Gasteiger partial charge in [-0.3, -0.25) is 4.79 Å². The first kappa shape index (κ1) is 16.9. The minimum absolute atomic E-state index is 0.119. The normalized spacial score (nSPS) is 11.9. The highest BCUT2D eigenvalue weighted by Gasteiger charge is 2.18. The summed E-state index contributed by atoms with van der Waals surface area (Å²) in [6, 6.07) is 16.7. The first-order chi connectivity index (χ1) is 12.2. The third-order valence-corrected chi connectivity index (χ3v) is 4.07. The van der Waals surface area contributed by atoms with Crippen molar-refractivity contribution in [1.29, 1.82) is 0 Å². The van der Waals surface area contributed by atoms with Crippen LogP contribution in [0.25, 0.3) is 5.69 Å². The fourth-order valence-electron chi connectivity index (χ4n) is 2.65. The Morgan fingerprint density at radius 1 is 1.16 bits per heavy atom. The van der Waals surface area contributed by atoms with Crippen molar-refractivity contribution in [1.82, 2.24) is 19.7 Å². The minimum atomic E-state index is -0.595. The molecule has 0 saturated heterocycles. The van der Waals surface area contributed by atoms with Crippen molar-refractivity contribution in [3.8, 4) is 5.69 Å². The molecule has 3 rings (SSSR count). The van der Waals surface area contributed by atoms with E-state index in [1.807, 2.05) is 48.5 Å². The van der Waals surface area contributed by atoms with Crippen molar-refractivity contribution in [2.75, 3.05) is 13.6 Å². The lowest BCUT2D eigenvalue weighted by molar-refractivity contribution is 0.0761. The van der Waals surface area contributed by atoms with E-state index in [1.165, 1.54) is 6.33 Å². The van der Waals surface area contributed by atoms with Gasteiger partial charge in [-0.1, -0.05) is 42.5 Å². The third-order valence-electron chi connectivity index (χ3n) is 4.07. The molecule has 0 unspecified atom stereocenters. The van der Waals surface area contributed by atoms with Gasteiger partial charge in [0, 0.05) is 13.6 Å². The monoisotopic (exact) mass is 336 g/mol. The maximum atomic E-state index is 12.8. The van der Waals surface area contributed by atoms with Crippen LogP contribution in [0.3, 0.4) is 0 Å². The smallest absolute Gasteiger partial charge is 0.255 e. The van der Waals surface area contributed by atoms with Crippen LogP contribution in [0.15, 0.2) is 67.3 Å². The van der Waals surface area contributed by atoms with Crippen LogP contribution < -0.4 is 0 Å². The summed E-state index contributed by atoms with van der Waals surface area (Å²) in [5, 5.41) is 14.4. The van der Waals surface area contributed by atoms with E-state index in [0.717, 1.165) is 5.56 Å². The molecule has 0 radical (unpaired) electrons. The molecule has 0 aliphatic rings. The Bertz CT molecular complexity index is 818. The second-order valence-electron chi connectivity index (χ2n) is 5.80. The lowest BCUT2D eigenvalue weighted by Crippen LogP contribution is -2.29. The number of hydrogen-bond acceptors (Lipinski definition) is 4. The van der Waals surface area contributed by atoms with Crippen molar-refractivity contribution >= 4 is 5.91 Å². The molecule has 0 aliphatic heterocycles. The van der Waals surface area contributed by atoms with Crippen LogP contribution in [0.1, 0.15) is 28.4 Å². The number of amides is 1. The van der Waals surface area contributed by atoms with Crippen LogP contribution in [0, 0.1) is 0 Å². The molecule has 25 heavy (non-hydrogen) atoms. The summed E-state index contributed by atoms with van der Waals surface area (Å²) >= 11 is 0. The standard InChI is InChI=1S/C19H20N4O2/c1-22(12-11-18(24)15-7-3-2-4-8-15)19(25)16-9-5-6-10-17(16)23-14-20-13-21-23/h2-10,13-14,18,24H,11-12H2,1H3/t18-/m0/s1. The molecule has 0 aliphatic carbocycles. The Morgan fingerprint density at radius 2 is 1.88 bits per heavy atom. The summed E-state index contributed by atoms with van der Waals surface area (Å²) in [6.45, 7) is 0.445. The summed E-state index contributed by atoms with van der Waals surface area (Å²) in [7, 11) is 1.73. The van der Waals surface area contributed by atoms with Gasteiger partial charge < -0.3 is 10.0 Å². The molecule has 2 aromatic carbocycles. The van der Waals surface area contributed by atoms with E-state index in [0.29, 0.717) is 24.2 Å².